The quantitative estimate of drug-likeness (QED) is 0.301. The van der Waals surface area contributed by atoms with Crippen molar-refractivity contribution in [1.29, 1.82) is 0 Å². The summed E-state index contributed by atoms with van der Waals surface area (Å²) in [7, 11) is -2.10. The third-order valence-electron chi connectivity index (χ3n) is 2.89. The minimum atomic E-state index is -3.77. The molecule has 108 valence electrons. The van der Waals surface area contributed by atoms with Crippen LogP contribution >= 0.6 is 0 Å². The van der Waals surface area contributed by atoms with Crippen molar-refractivity contribution in [3.05, 3.63) is 11.4 Å². The Labute approximate surface area is 112 Å². The Balaban J connectivity index is 3.18. The number of hydrogen-bond donors (Lipinski definition) is 3. The lowest BCUT2D eigenvalue weighted by atomic mass is 10.2. The van der Waals surface area contributed by atoms with Crippen LogP contribution < -0.4 is 10.5 Å². The molecule has 0 radical (unpaired) electrons. The van der Waals surface area contributed by atoms with E-state index in [4.69, 9.17) is 10.9 Å². The largest absolute Gasteiger partial charge is 0.409 e. The number of oxime groups is 1. The summed E-state index contributed by atoms with van der Waals surface area (Å²) in [6.45, 7) is 5.01. The van der Waals surface area contributed by atoms with E-state index < -0.39 is 16.1 Å². The van der Waals surface area contributed by atoms with Crippen molar-refractivity contribution >= 4 is 15.9 Å². The first kappa shape index (κ1) is 15.4. The predicted octanol–water partition coefficient (Wildman–Crippen LogP) is -0.160. The Hall–Kier alpha value is -1.61. The second kappa shape index (κ2) is 5.57. The van der Waals surface area contributed by atoms with E-state index in [2.05, 4.69) is 15.0 Å². The molecule has 0 fully saturated rings. The zero-order chi connectivity index (χ0) is 14.8. The lowest BCUT2D eigenvalue weighted by Crippen LogP contribution is -2.44. The van der Waals surface area contributed by atoms with Gasteiger partial charge in [-0.25, -0.2) is 13.1 Å². The lowest BCUT2D eigenvalue weighted by molar-refractivity contribution is 0.315. The van der Waals surface area contributed by atoms with Gasteiger partial charge in [0.25, 0.3) is 0 Å². The molecule has 1 rings (SSSR count). The van der Waals surface area contributed by atoms with Crippen LogP contribution in [-0.4, -0.2) is 35.3 Å². The number of nitrogens with zero attached hydrogens (tertiary/aromatic N) is 3. The summed E-state index contributed by atoms with van der Waals surface area (Å²) >= 11 is 0. The molecule has 8 nitrogen and oxygen atoms in total. The second-order valence-electron chi connectivity index (χ2n) is 4.23. The highest BCUT2D eigenvalue weighted by Crippen LogP contribution is 2.18. The molecule has 0 saturated heterocycles. The highest BCUT2D eigenvalue weighted by molar-refractivity contribution is 7.89. The molecule has 0 aromatic carbocycles. The first-order valence-electron chi connectivity index (χ1n) is 5.74. The average Bonchev–Trinajstić information content (AvgIpc) is 2.59. The van der Waals surface area contributed by atoms with Crippen molar-refractivity contribution in [2.45, 2.75) is 38.1 Å². The van der Waals surface area contributed by atoms with E-state index in [-0.39, 0.29) is 10.7 Å². The van der Waals surface area contributed by atoms with E-state index in [0.29, 0.717) is 17.8 Å². The smallest absolute Gasteiger partial charge is 0.244 e. The van der Waals surface area contributed by atoms with Gasteiger partial charge in [-0.1, -0.05) is 12.1 Å². The zero-order valence-corrected chi connectivity index (χ0v) is 12.2. The van der Waals surface area contributed by atoms with Gasteiger partial charge >= 0.3 is 0 Å². The van der Waals surface area contributed by atoms with Crippen LogP contribution in [0.25, 0.3) is 0 Å². The summed E-state index contributed by atoms with van der Waals surface area (Å²) in [6.07, 6.45) is 0.369. The molecular formula is C10H19N5O3S. The Kier molecular flexibility index (Phi) is 4.53. The highest BCUT2D eigenvalue weighted by Gasteiger charge is 2.27. The first-order chi connectivity index (χ1) is 8.74. The zero-order valence-electron chi connectivity index (χ0n) is 11.4. The number of hydrogen-bond acceptors (Lipinski definition) is 5. The van der Waals surface area contributed by atoms with E-state index in [1.54, 1.807) is 27.8 Å². The molecule has 0 aliphatic carbocycles. The molecule has 4 N–H and O–H groups in total. The van der Waals surface area contributed by atoms with Gasteiger partial charge in [0.1, 0.15) is 4.90 Å². The molecule has 1 heterocycles. The molecule has 9 heteroatoms. The standard InChI is InChI=1S/C10H19N5O3S/c1-5-8(10(11)13-16)14-19(17,18)9-6(2)12-15(4)7(9)3/h8,14,16H,5H2,1-4H3,(H2,11,13). The number of amidine groups is 1. The summed E-state index contributed by atoms with van der Waals surface area (Å²) in [4.78, 5) is 0.124. The topological polar surface area (TPSA) is 123 Å². The van der Waals surface area contributed by atoms with Crippen LogP contribution in [0.1, 0.15) is 24.7 Å². The number of aryl methyl sites for hydroxylation is 2. The first-order valence-corrected chi connectivity index (χ1v) is 7.22. The molecule has 19 heavy (non-hydrogen) atoms. The van der Waals surface area contributed by atoms with Crippen molar-refractivity contribution in [2.24, 2.45) is 17.9 Å². The van der Waals surface area contributed by atoms with Crippen molar-refractivity contribution in [3.8, 4) is 0 Å². The maximum absolute atomic E-state index is 12.3. The fourth-order valence-corrected chi connectivity index (χ4v) is 3.54. The van der Waals surface area contributed by atoms with E-state index in [0.717, 1.165) is 0 Å². The van der Waals surface area contributed by atoms with Crippen LogP contribution in [0.2, 0.25) is 0 Å². The number of nitrogens with one attached hydrogen (secondary N) is 1. The van der Waals surface area contributed by atoms with Crippen LogP contribution in [0.4, 0.5) is 0 Å². The van der Waals surface area contributed by atoms with Crippen LogP contribution in [0.5, 0.6) is 0 Å². The summed E-state index contributed by atoms with van der Waals surface area (Å²) in [5.74, 6) is -0.176. The lowest BCUT2D eigenvalue weighted by Gasteiger charge is -2.15. The molecule has 1 atom stereocenters. The fourth-order valence-electron chi connectivity index (χ4n) is 1.81. The average molecular weight is 289 g/mol. The van der Waals surface area contributed by atoms with Gasteiger partial charge in [-0.15, -0.1) is 0 Å². The van der Waals surface area contributed by atoms with E-state index in [9.17, 15) is 8.42 Å². The van der Waals surface area contributed by atoms with E-state index >= 15 is 0 Å². The maximum atomic E-state index is 12.3. The van der Waals surface area contributed by atoms with Gasteiger partial charge in [0, 0.05) is 7.05 Å². The van der Waals surface area contributed by atoms with Crippen molar-refractivity contribution in [2.75, 3.05) is 0 Å². The van der Waals surface area contributed by atoms with Crippen LogP contribution in [0, 0.1) is 13.8 Å². The molecule has 0 aliphatic rings. The molecule has 0 spiro atoms. The normalized spacial score (nSPS) is 14.6. The van der Waals surface area contributed by atoms with Crippen molar-refractivity contribution in [1.82, 2.24) is 14.5 Å². The van der Waals surface area contributed by atoms with E-state index in [1.165, 1.54) is 4.68 Å². The third kappa shape index (κ3) is 3.04. The molecule has 0 saturated carbocycles. The number of nitrogens with two attached hydrogens (primary N) is 1. The molecule has 1 unspecified atom stereocenters. The van der Waals surface area contributed by atoms with Gasteiger partial charge in [-0.2, -0.15) is 5.10 Å². The number of aromatic nitrogens is 2. The SMILES string of the molecule is CCC(NS(=O)(=O)c1c(C)nn(C)c1C)C(N)=NO. The Bertz CT molecular complexity index is 591. The monoisotopic (exact) mass is 289 g/mol. The summed E-state index contributed by atoms with van der Waals surface area (Å²) in [5, 5.41) is 15.5. The molecule has 0 amide bonds. The third-order valence-corrected chi connectivity index (χ3v) is 4.61. The van der Waals surface area contributed by atoms with Gasteiger partial charge in [0.15, 0.2) is 5.84 Å². The highest BCUT2D eigenvalue weighted by atomic mass is 32.2. The van der Waals surface area contributed by atoms with Crippen LogP contribution in [0.3, 0.4) is 0 Å². The van der Waals surface area contributed by atoms with Crippen LogP contribution in [0.15, 0.2) is 10.1 Å². The minimum Gasteiger partial charge on any atom is -0.409 e. The van der Waals surface area contributed by atoms with Crippen molar-refractivity contribution < 1.29 is 13.6 Å². The van der Waals surface area contributed by atoms with Crippen molar-refractivity contribution in [3.63, 3.8) is 0 Å². The second-order valence-corrected chi connectivity index (χ2v) is 5.88. The van der Waals surface area contributed by atoms with Gasteiger partial charge in [0.2, 0.25) is 10.0 Å². The number of sulfonamides is 1. The minimum absolute atomic E-state index is 0.124. The van der Waals surface area contributed by atoms with Gasteiger partial charge < -0.3 is 10.9 Å². The van der Waals surface area contributed by atoms with Gasteiger partial charge in [-0.3, -0.25) is 4.68 Å². The fraction of sp³-hybridized carbons (Fsp3) is 0.600. The summed E-state index contributed by atoms with van der Waals surface area (Å²) < 4.78 is 28.5. The molecule has 1 aromatic rings. The summed E-state index contributed by atoms with van der Waals surface area (Å²) in [6, 6.07) is -0.756. The van der Waals surface area contributed by atoms with E-state index in [1.807, 2.05) is 0 Å². The Morgan fingerprint density at radius 2 is 2.16 bits per heavy atom. The predicted molar refractivity (Wildman–Crippen MR) is 70.5 cm³/mol. The van der Waals surface area contributed by atoms with Crippen LogP contribution in [-0.2, 0) is 17.1 Å². The molecule has 0 bridgehead atoms. The Morgan fingerprint density at radius 1 is 1.58 bits per heavy atom. The van der Waals surface area contributed by atoms with Gasteiger partial charge in [-0.05, 0) is 20.3 Å². The molecular weight excluding hydrogens is 270 g/mol. The molecule has 1 aromatic heterocycles. The summed E-state index contributed by atoms with van der Waals surface area (Å²) in [5.41, 5.74) is 6.38. The number of rotatable bonds is 5. The van der Waals surface area contributed by atoms with Gasteiger partial charge in [0.05, 0.1) is 17.4 Å². The Morgan fingerprint density at radius 3 is 2.53 bits per heavy atom. The maximum Gasteiger partial charge on any atom is 0.244 e. The molecule has 0 aliphatic heterocycles.